The van der Waals surface area contributed by atoms with Crippen LogP contribution >= 0.6 is 52.6 Å². The summed E-state index contributed by atoms with van der Waals surface area (Å²) in [5, 5.41) is 0.977. The number of hydrogen-bond acceptors (Lipinski definition) is 4. The molecule has 1 aromatic carbocycles. The fourth-order valence-electron chi connectivity index (χ4n) is 1.14. The molecule has 2 rings (SSSR count). The standard InChI is InChI=1S/C9H5Br2NOS2/c10-4-3-9-12-7-2-1-6(13-15-11)5-8(7)14-9/h1-5H. The SMILES string of the molecule is BrC=Cc1nc2ccc(OSBr)cc2s1. The highest BCUT2D eigenvalue weighted by Crippen LogP contribution is 2.29. The van der Waals surface area contributed by atoms with Crippen LogP contribution in [0.15, 0.2) is 23.2 Å². The molecule has 0 saturated heterocycles. The quantitative estimate of drug-likeness (QED) is 0.713. The number of nitrogens with zero attached hydrogens (tertiary/aromatic N) is 1. The predicted molar refractivity (Wildman–Crippen MR) is 74.7 cm³/mol. The smallest absolute Gasteiger partial charge is 0.140 e. The molecule has 0 spiro atoms. The summed E-state index contributed by atoms with van der Waals surface area (Å²) >= 11 is 8.01. The van der Waals surface area contributed by atoms with Crippen molar-refractivity contribution in [2.24, 2.45) is 0 Å². The van der Waals surface area contributed by atoms with Crippen molar-refractivity contribution >= 4 is 68.8 Å². The highest BCUT2D eigenvalue weighted by atomic mass is 79.9. The molecule has 0 amide bonds. The maximum atomic E-state index is 5.27. The van der Waals surface area contributed by atoms with Crippen LogP contribution in [0.4, 0.5) is 0 Å². The molecule has 0 unspecified atom stereocenters. The van der Waals surface area contributed by atoms with Gasteiger partial charge in [0.05, 0.1) is 10.2 Å². The lowest BCUT2D eigenvalue weighted by Gasteiger charge is -1.97. The van der Waals surface area contributed by atoms with Crippen LogP contribution in [-0.4, -0.2) is 4.98 Å². The first-order chi connectivity index (χ1) is 7.33. The van der Waals surface area contributed by atoms with Gasteiger partial charge < -0.3 is 4.18 Å². The van der Waals surface area contributed by atoms with Crippen LogP contribution in [0.1, 0.15) is 5.01 Å². The van der Waals surface area contributed by atoms with Gasteiger partial charge in [-0.05, 0) is 23.2 Å². The molecular weight excluding hydrogens is 362 g/mol. The first-order valence-corrected chi connectivity index (χ1v) is 8.28. The van der Waals surface area contributed by atoms with Crippen LogP contribution in [0, 0.1) is 0 Å². The largest absolute Gasteiger partial charge is 0.414 e. The van der Waals surface area contributed by atoms with Crippen molar-refractivity contribution in [3.05, 3.63) is 28.2 Å². The third-order valence-corrected chi connectivity index (χ3v) is 3.61. The molecule has 0 radical (unpaired) electrons. The van der Waals surface area contributed by atoms with Gasteiger partial charge >= 0.3 is 0 Å². The molecule has 0 N–H and O–H groups in total. The second kappa shape index (κ2) is 5.34. The molecule has 0 aliphatic carbocycles. The Hall–Kier alpha value is -0.0400. The minimum atomic E-state index is 0.822. The van der Waals surface area contributed by atoms with Crippen molar-refractivity contribution in [2.45, 2.75) is 0 Å². The number of rotatable bonds is 3. The summed E-state index contributed by atoms with van der Waals surface area (Å²) in [5.74, 6) is 0.822. The summed E-state index contributed by atoms with van der Waals surface area (Å²) in [6, 6.07) is 5.83. The van der Waals surface area contributed by atoms with E-state index in [0.717, 1.165) is 31.4 Å². The van der Waals surface area contributed by atoms with Crippen LogP contribution in [0.3, 0.4) is 0 Å². The van der Waals surface area contributed by atoms with E-state index >= 15 is 0 Å². The second-order valence-corrected chi connectivity index (χ2v) is 5.30. The molecule has 0 bridgehead atoms. The fraction of sp³-hybridized carbons (Fsp3) is 0. The number of aromatic nitrogens is 1. The van der Waals surface area contributed by atoms with Gasteiger partial charge in [0.15, 0.2) is 0 Å². The van der Waals surface area contributed by atoms with Gasteiger partial charge in [0.2, 0.25) is 0 Å². The lowest BCUT2D eigenvalue weighted by Crippen LogP contribution is -1.75. The van der Waals surface area contributed by atoms with E-state index in [2.05, 4.69) is 35.7 Å². The van der Waals surface area contributed by atoms with Crippen LogP contribution < -0.4 is 4.18 Å². The molecule has 6 heteroatoms. The molecule has 78 valence electrons. The van der Waals surface area contributed by atoms with Crippen LogP contribution in [0.25, 0.3) is 16.3 Å². The van der Waals surface area contributed by atoms with Gasteiger partial charge in [0.25, 0.3) is 0 Å². The maximum Gasteiger partial charge on any atom is 0.140 e. The van der Waals surface area contributed by atoms with Gasteiger partial charge in [0, 0.05) is 20.9 Å². The molecule has 0 atom stereocenters. The molecule has 1 heterocycles. The first kappa shape index (κ1) is 11.4. The van der Waals surface area contributed by atoms with E-state index in [4.69, 9.17) is 4.18 Å². The number of benzene rings is 1. The highest BCUT2D eigenvalue weighted by molar-refractivity contribution is 9.49. The van der Waals surface area contributed by atoms with Crippen molar-refractivity contribution in [3.8, 4) is 5.75 Å². The zero-order valence-corrected chi connectivity index (χ0v) is 12.1. The minimum absolute atomic E-state index is 0.822. The zero-order chi connectivity index (χ0) is 10.7. The summed E-state index contributed by atoms with van der Waals surface area (Å²) in [6.07, 6.45) is 1.92. The molecule has 2 nitrogen and oxygen atoms in total. The Balaban J connectivity index is 2.42. The molecule has 0 aliphatic heterocycles. The van der Waals surface area contributed by atoms with Gasteiger partial charge in [-0.1, -0.05) is 15.9 Å². The predicted octanol–water partition coefficient (Wildman–Crippen LogP) is 5.00. The van der Waals surface area contributed by atoms with E-state index in [-0.39, 0.29) is 0 Å². The molecule has 2 aromatic rings. The van der Waals surface area contributed by atoms with Gasteiger partial charge in [-0.15, -0.1) is 11.3 Å². The monoisotopic (exact) mass is 365 g/mol. The Morgan fingerprint density at radius 1 is 1.47 bits per heavy atom. The fourth-order valence-corrected chi connectivity index (χ4v) is 3.09. The minimum Gasteiger partial charge on any atom is -0.414 e. The Kier molecular flexibility index (Phi) is 4.07. The molecule has 1 aromatic heterocycles. The van der Waals surface area contributed by atoms with Crippen molar-refractivity contribution in [2.75, 3.05) is 0 Å². The Labute approximate surface area is 111 Å². The normalized spacial score (nSPS) is 11.3. The third-order valence-electron chi connectivity index (χ3n) is 1.71. The molecule has 0 fully saturated rings. The van der Waals surface area contributed by atoms with Crippen molar-refractivity contribution in [1.82, 2.24) is 4.98 Å². The topological polar surface area (TPSA) is 22.1 Å². The van der Waals surface area contributed by atoms with Crippen LogP contribution in [-0.2, 0) is 0 Å². The first-order valence-electron chi connectivity index (χ1n) is 3.96. The summed E-state index contributed by atoms with van der Waals surface area (Å²) in [4.78, 5) is 6.23. The lowest BCUT2D eigenvalue weighted by molar-refractivity contribution is 0.658. The van der Waals surface area contributed by atoms with E-state index in [1.807, 2.05) is 24.3 Å². The van der Waals surface area contributed by atoms with Gasteiger partial charge in [0.1, 0.15) is 21.2 Å². The Morgan fingerprint density at radius 2 is 2.33 bits per heavy atom. The number of thiazole rings is 1. The van der Waals surface area contributed by atoms with Crippen molar-refractivity contribution < 1.29 is 4.18 Å². The number of hydrogen-bond donors (Lipinski definition) is 0. The van der Waals surface area contributed by atoms with E-state index in [9.17, 15) is 0 Å². The van der Waals surface area contributed by atoms with Crippen LogP contribution in [0.5, 0.6) is 5.75 Å². The summed E-state index contributed by atoms with van der Waals surface area (Å²) in [7, 11) is 1.16. The Morgan fingerprint density at radius 3 is 3.07 bits per heavy atom. The van der Waals surface area contributed by atoms with E-state index in [1.165, 1.54) is 0 Å². The molecular formula is C9H5Br2NOS2. The summed E-state index contributed by atoms with van der Waals surface area (Å²) < 4.78 is 6.39. The number of fused-ring (bicyclic) bond motifs is 1. The zero-order valence-electron chi connectivity index (χ0n) is 7.31. The van der Waals surface area contributed by atoms with Gasteiger partial charge in [-0.2, -0.15) is 0 Å². The van der Waals surface area contributed by atoms with Crippen molar-refractivity contribution in [1.29, 1.82) is 0 Å². The molecule has 0 aliphatic rings. The van der Waals surface area contributed by atoms with E-state index in [1.54, 1.807) is 16.3 Å². The van der Waals surface area contributed by atoms with Crippen molar-refractivity contribution in [3.63, 3.8) is 0 Å². The third kappa shape index (κ3) is 2.75. The van der Waals surface area contributed by atoms with E-state index in [0.29, 0.717) is 0 Å². The van der Waals surface area contributed by atoms with Gasteiger partial charge in [-0.3, -0.25) is 0 Å². The second-order valence-electron chi connectivity index (χ2n) is 2.62. The number of halogens is 2. The van der Waals surface area contributed by atoms with E-state index < -0.39 is 0 Å². The average molecular weight is 367 g/mol. The summed E-state index contributed by atoms with van der Waals surface area (Å²) in [6.45, 7) is 0. The van der Waals surface area contributed by atoms with Gasteiger partial charge in [-0.25, -0.2) is 4.98 Å². The lowest BCUT2D eigenvalue weighted by atomic mass is 10.3. The van der Waals surface area contributed by atoms with Crippen LogP contribution in [0.2, 0.25) is 0 Å². The molecule has 15 heavy (non-hydrogen) atoms. The highest BCUT2D eigenvalue weighted by Gasteiger charge is 2.03. The Bertz CT molecular complexity index is 498. The maximum absolute atomic E-state index is 5.27. The molecule has 0 saturated carbocycles. The summed E-state index contributed by atoms with van der Waals surface area (Å²) in [5.41, 5.74) is 0.993. The average Bonchev–Trinajstić information content (AvgIpc) is 2.60.